The Balaban J connectivity index is 2.06. The molecule has 104 valence electrons. The minimum Gasteiger partial charge on any atom is -0.493 e. The quantitative estimate of drug-likeness (QED) is 0.770. The fourth-order valence-electron chi connectivity index (χ4n) is 2.26. The lowest BCUT2D eigenvalue weighted by atomic mass is 10.2. The summed E-state index contributed by atoms with van der Waals surface area (Å²) in [4.78, 5) is 17.3. The molecule has 0 atom stereocenters. The molecular weight excluding hydrogens is 270 g/mol. The number of carbonyl (C=O) groups is 1. The maximum absolute atomic E-state index is 11.8. The van der Waals surface area contributed by atoms with Gasteiger partial charge in [0.25, 0.3) is 0 Å². The Morgan fingerprint density at radius 2 is 2.15 bits per heavy atom. The number of carbonyl (C=O) groups excluding carboxylic acids is 1. The number of thiazole rings is 1. The Bertz CT molecular complexity index is 644. The van der Waals surface area contributed by atoms with Crippen molar-refractivity contribution in [2.24, 2.45) is 0 Å². The summed E-state index contributed by atoms with van der Waals surface area (Å²) in [5, 5.41) is 0.890. The van der Waals surface area contributed by atoms with Crippen LogP contribution in [0.15, 0.2) is 24.3 Å². The lowest BCUT2D eigenvalue weighted by molar-refractivity contribution is 0.102. The molecule has 1 aromatic carbocycles. The van der Waals surface area contributed by atoms with Gasteiger partial charge in [0, 0.05) is 12.8 Å². The fourth-order valence-corrected chi connectivity index (χ4v) is 3.33. The summed E-state index contributed by atoms with van der Waals surface area (Å²) in [6, 6.07) is 7.88. The highest BCUT2D eigenvalue weighted by molar-refractivity contribution is 7.17. The van der Waals surface area contributed by atoms with Crippen LogP contribution in [0.25, 0.3) is 10.6 Å². The molecule has 1 aromatic heterocycles. The van der Waals surface area contributed by atoms with Crippen LogP contribution in [0, 0.1) is 0 Å². The molecule has 20 heavy (non-hydrogen) atoms. The molecule has 2 aromatic rings. The number of aromatic nitrogens is 1. The van der Waals surface area contributed by atoms with Crippen molar-refractivity contribution in [3.63, 3.8) is 0 Å². The maximum Gasteiger partial charge on any atom is 0.171 e. The van der Waals surface area contributed by atoms with Crippen molar-refractivity contribution in [3.8, 4) is 16.3 Å². The summed E-state index contributed by atoms with van der Waals surface area (Å²) < 4.78 is 5.66. The van der Waals surface area contributed by atoms with E-state index in [9.17, 15) is 4.79 Å². The number of para-hydroxylation sites is 1. The molecule has 0 radical (unpaired) electrons. The van der Waals surface area contributed by atoms with Crippen LogP contribution in [-0.4, -0.2) is 17.4 Å². The van der Waals surface area contributed by atoms with Gasteiger partial charge in [0.05, 0.1) is 22.7 Å². The second kappa shape index (κ2) is 5.37. The molecule has 4 heteroatoms. The summed E-state index contributed by atoms with van der Waals surface area (Å²) in [5.74, 6) is 1.43. The number of nitrogens with zero attached hydrogens (tertiary/aromatic N) is 1. The number of hydrogen-bond donors (Lipinski definition) is 0. The van der Waals surface area contributed by atoms with E-state index in [0.29, 0.717) is 12.5 Å². The molecule has 1 saturated carbocycles. The maximum atomic E-state index is 11.8. The highest BCUT2D eigenvalue weighted by Gasteiger charge is 2.31. The Kier molecular flexibility index (Phi) is 3.57. The van der Waals surface area contributed by atoms with Crippen molar-refractivity contribution in [3.05, 3.63) is 34.8 Å². The molecule has 3 rings (SSSR count). The van der Waals surface area contributed by atoms with Crippen LogP contribution in [0.1, 0.15) is 48.0 Å². The van der Waals surface area contributed by atoms with Gasteiger partial charge in [-0.25, -0.2) is 4.98 Å². The summed E-state index contributed by atoms with van der Waals surface area (Å²) in [6.45, 7) is 4.21. The average molecular weight is 287 g/mol. The summed E-state index contributed by atoms with van der Waals surface area (Å²) in [5.41, 5.74) is 1.97. The van der Waals surface area contributed by atoms with Gasteiger partial charge in [0.2, 0.25) is 0 Å². The number of hydrogen-bond acceptors (Lipinski definition) is 4. The van der Waals surface area contributed by atoms with Crippen molar-refractivity contribution < 1.29 is 9.53 Å². The first-order valence-electron chi connectivity index (χ1n) is 6.94. The standard InChI is InChI=1S/C16H17NO2S/c1-3-19-13-7-5-4-6-12(13)16-17-14(11-8-9-11)15(20-16)10(2)18/h4-7,11H,3,8-9H2,1-2H3. The van der Waals surface area contributed by atoms with Gasteiger partial charge in [-0.3, -0.25) is 4.79 Å². The molecule has 1 aliphatic rings. The normalized spacial score (nSPS) is 14.3. The highest BCUT2D eigenvalue weighted by atomic mass is 32.1. The van der Waals surface area contributed by atoms with Crippen LogP contribution in [0.2, 0.25) is 0 Å². The van der Waals surface area contributed by atoms with E-state index in [-0.39, 0.29) is 5.78 Å². The van der Waals surface area contributed by atoms with E-state index >= 15 is 0 Å². The first kappa shape index (κ1) is 13.3. The predicted octanol–water partition coefficient (Wildman–Crippen LogP) is 4.29. The van der Waals surface area contributed by atoms with E-state index in [4.69, 9.17) is 9.72 Å². The molecule has 0 spiro atoms. The average Bonchev–Trinajstić information content (AvgIpc) is 3.18. The number of rotatable bonds is 5. The van der Waals surface area contributed by atoms with Crippen LogP contribution in [0.5, 0.6) is 5.75 Å². The molecule has 0 aliphatic heterocycles. The van der Waals surface area contributed by atoms with Crippen LogP contribution < -0.4 is 4.74 Å². The van der Waals surface area contributed by atoms with Crippen LogP contribution in [0.3, 0.4) is 0 Å². The number of ether oxygens (including phenoxy) is 1. The van der Waals surface area contributed by atoms with E-state index < -0.39 is 0 Å². The molecule has 0 unspecified atom stereocenters. The lowest BCUT2D eigenvalue weighted by Crippen LogP contribution is -1.94. The van der Waals surface area contributed by atoms with E-state index in [2.05, 4.69) is 0 Å². The van der Waals surface area contributed by atoms with Gasteiger partial charge in [0.15, 0.2) is 5.78 Å². The molecule has 1 aliphatic carbocycles. The number of Topliss-reactive ketones (excluding diaryl/α,β-unsaturated/α-hetero) is 1. The summed E-state index contributed by atoms with van der Waals surface area (Å²) in [7, 11) is 0. The molecule has 0 bridgehead atoms. The van der Waals surface area contributed by atoms with Gasteiger partial charge in [0.1, 0.15) is 10.8 Å². The van der Waals surface area contributed by atoms with E-state index in [1.807, 2.05) is 31.2 Å². The van der Waals surface area contributed by atoms with Crippen molar-refractivity contribution in [2.45, 2.75) is 32.6 Å². The van der Waals surface area contributed by atoms with Gasteiger partial charge < -0.3 is 4.74 Å². The van der Waals surface area contributed by atoms with Crippen molar-refractivity contribution in [1.82, 2.24) is 4.98 Å². The van der Waals surface area contributed by atoms with Gasteiger partial charge in [-0.1, -0.05) is 12.1 Å². The molecule has 0 saturated heterocycles. The first-order chi connectivity index (χ1) is 9.70. The minimum atomic E-state index is 0.115. The van der Waals surface area contributed by atoms with Crippen LogP contribution in [0.4, 0.5) is 0 Å². The lowest BCUT2D eigenvalue weighted by Gasteiger charge is -2.07. The first-order valence-corrected chi connectivity index (χ1v) is 7.76. The topological polar surface area (TPSA) is 39.2 Å². The van der Waals surface area contributed by atoms with E-state index in [1.165, 1.54) is 11.3 Å². The zero-order chi connectivity index (χ0) is 14.1. The van der Waals surface area contributed by atoms with E-state index in [1.54, 1.807) is 6.92 Å². The van der Waals surface area contributed by atoms with Crippen molar-refractivity contribution in [2.75, 3.05) is 6.61 Å². The van der Waals surface area contributed by atoms with Gasteiger partial charge >= 0.3 is 0 Å². The molecule has 3 nitrogen and oxygen atoms in total. The highest BCUT2D eigenvalue weighted by Crippen LogP contribution is 2.45. The number of benzene rings is 1. The Hall–Kier alpha value is -1.68. The second-order valence-electron chi connectivity index (χ2n) is 4.99. The molecular formula is C16H17NO2S. The molecule has 1 fully saturated rings. The summed E-state index contributed by atoms with van der Waals surface area (Å²) in [6.07, 6.45) is 2.30. The van der Waals surface area contributed by atoms with Gasteiger partial charge in [-0.05, 0) is 31.9 Å². The second-order valence-corrected chi connectivity index (χ2v) is 5.99. The predicted molar refractivity (Wildman–Crippen MR) is 80.7 cm³/mol. The van der Waals surface area contributed by atoms with Crippen molar-refractivity contribution >= 4 is 17.1 Å². The van der Waals surface area contributed by atoms with Crippen LogP contribution >= 0.6 is 11.3 Å². The Labute approximate surface area is 122 Å². The Morgan fingerprint density at radius 1 is 1.40 bits per heavy atom. The fraction of sp³-hybridized carbons (Fsp3) is 0.375. The Morgan fingerprint density at radius 3 is 2.80 bits per heavy atom. The largest absolute Gasteiger partial charge is 0.493 e. The van der Waals surface area contributed by atoms with Gasteiger partial charge in [-0.2, -0.15) is 0 Å². The third-order valence-electron chi connectivity index (χ3n) is 3.35. The third-order valence-corrected chi connectivity index (χ3v) is 4.56. The molecule has 0 amide bonds. The molecule has 0 N–H and O–H groups in total. The zero-order valence-electron chi connectivity index (χ0n) is 11.7. The third kappa shape index (κ3) is 2.48. The monoisotopic (exact) mass is 287 g/mol. The zero-order valence-corrected chi connectivity index (χ0v) is 12.5. The van der Waals surface area contributed by atoms with E-state index in [0.717, 1.165) is 39.7 Å². The van der Waals surface area contributed by atoms with Crippen LogP contribution in [-0.2, 0) is 0 Å². The smallest absolute Gasteiger partial charge is 0.171 e. The number of ketones is 1. The summed E-state index contributed by atoms with van der Waals surface area (Å²) >= 11 is 1.49. The minimum absolute atomic E-state index is 0.115. The molecule has 1 heterocycles. The SMILES string of the molecule is CCOc1ccccc1-c1nc(C2CC2)c(C(C)=O)s1. The van der Waals surface area contributed by atoms with Crippen molar-refractivity contribution in [1.29, 1.82) is 0 Å². The van der Waals surface area contributed by atoms with Gasteiger partial charge in [-0.15, -0.1) is 11.3 Å².